The number of anilines is 2. The lowest BCUT2D eigenvalue weighted by Crippen LogP contribution is -2.30. The van der Waals surface area contributed by atoms with Gasteiger partial charge in [-0.1, -0.05) is 12.1 Å². The van der Waals surface area contributed by atoms with E-state index < -0.39 is 12.0 Å². The molecule has 0 radical (unpaired) electrons. The molecular formula is C28H31F3N6O2S. The second kappa shape index (κ2) is 10.8. The van der Waals surface area contributed by atoms with Crippen LogP contribution in [0.4, 0.5) is 24.9 Å². The van der Waals surface area contributed by atoms with E-state index in [9.17, 15) is 18.3 Å². The van der Waals surface area contributed by atoms with Crippen LogP contribution in [0.15, 0.2) is 36.5 Å². The lowest BCUT2D eigenvalue weighted by atomic mass is 9.89. The van der Waals surface area contributed by atoms with Gasteiger partial charge in [0.15, 0.2) is 0 Å². The van der Waals surface area contributed by atoms with Gasteiger partial charge in [0.2, 0.25) is 5.95 Å². The van der Waals surface area contributed by atoms with Gasteiger partial charge in [0, 0.05) is 18.8 Å². The van der Waals surface area contributed by atoms with Gasteiger partial charge in [0.1, 0.15) is 22.1 Å². The monoisotopic (exact) mass is 572 g/mol. The highest BCUT2D eigenvalue weighted by atomic mass is 32.1. The van der Waals surface area contributed by atoms with Gasteiger partial charge < -0.3 is 20.5 Å². The van der Waals surface area contributed by atoms with E-state index >= 15 is 0 Å². The van der Waals surface area contributed by atoms with Crippen molar-refractivity contribution in [1.82, 2.24) is 19.9 Å². The number of aliphatic hydroxyl groups is 1. The number of thiazole rings is 1. The Labute approximate surface area is 234 Å². The summed E-state index contributed by atoms with van der Waals surface area (Å²) in [5.74, 6) is 0.932. The molecule has 0 bridgehead atoms. The number of fused-ring (bicyclic) bond motifs is 1. The van der Waals surface area contributed by atoms with Crippen LogP contribution < -0.4 is 15.4 Å². The Bertz CT molecular complexity index is 1500. The van der Waals surface area contributed by atoms with Crippen molar-refractivity contribution in [3.63, 3.8) is 0 Å². The summed E-state index contributed by atoms with van der Waals surface area (Å²) in [6.07, 6.45) is -0.349. The van der Waals surface area contributed by atoms with Crippen LogP contribution in [-0.4, -0.2) is 43.0 Å². The van der Waals surface area contributed by atoms with Crippen LogP contribution in [-0.2, 0) is 6.54 Å². The quantitative estimate of drug-likeness (QED) is 0.216. The van der Waals surface area contributed by atoms with Crippen LogP contribution in [0.5, 0.6) is 5.75 Å². The number of nitrogens with one attached hydrogen (secondary N) is 2. The summed E-state index contributed by atoms with van der Waals surface area (Å²) in [5, 5.41) is 18.1. The fourth-order valence-electron chi connectivity index (χ4n) is 5.04. The van der Waals surface area contributed by atoms with Crippen LogP contribution in [0.3, 0.4) is 0 Å². The summed E-state index contributed by atoms with van der Waals surface area (Å²) in [4.78, 5) is 18.7. The van der Waals surface area contributed by atoms with Crippen molar-refractivity contribution in [3.8, 4) is 16.3 Å². The average Bonchev–Trinajstić information content (AvgIpc) is 3.51. The van der Waals surface area contributed by atoms with Gasteiger partial charge in [0.25, 0.3) is 0 Å². The minimum absolute atomic E-state index is 0.122. The maximum Gasteiger partial charge on any atom is 0.573 e. The van der Waals surface area contributed by atoms with Crippen LogP contribution >= 0.6 is 11.3 Å². The molecule has 0 saturated heterocycles. The van der Waals surface area contributed by atoms with Crippen molar-refractivity contribution in [2.75, 3.05) is 10.6 Å². The summed E-state index contributed by atoms with van der Waals surface area (Å²) in [6.45, 7) is 7.84. The number of ether oxygens (including phenoxy) is 1. The molecule has 1 saturated carbocycles. The van der Waals surface area contributed by atoms with Crippen molar-refractivity contribution in [1.29, 1.82) is 0 Å². The predicted octanol–water partition coefficient (Wildman–Crippen LogP) is 6.63. The second-order valence-electron chi connectivity index (χ2n) is 10.7. The summed E-state index contributed by atoms with van der Waals surface area (Å²) >= 11 is 1.55. The van der Waals surface area contributed by atoms with Gasteiger partial charge in [-0.25, -0.2) is 9.97 Å². The fourth-order valence-corrected chi connectivity index (χ4v) is 6.15. The molecule has 1 aliphatic carbocycles. The Kier molecular flexibility index (Phi) is 7.58. The van der Waals surface area contributed by atoms with Gasteiger partial charge in [-0.05, 0) is 76.6 Å². The molecule has 5 rings (SSSR count). The molecular weight excluding hydrogens is 541 g/mol. The van der Waals surface area contributed by atoms with Gasteiger partial charge in [0.05, 0.1) is 27.3 Å². The number of rotatable bonds is 8. The Morgan fingerprint density at radius 3 is 2.42 bits per heavy atom. The standard InChI is InChI=1S/C28H31F3N6O2S/c1-15-22(25-36-23-16(2)32-12-11-21(23)40-25)24(35-19-8-7-18(13-19)27(3,4)38)37-26(34-15)33-14-17-5-9-20(10-6-17)39-28(29,30)31/h5-6,9-12,18-19,38H,7-8,13-14H2,1-4H3,(H2,33,34,35,37). The topological polar surface area (TPSA) is 105 Å². The lowest BCUT2D eigenvalue weighted by Gasteiger charge is -2.25. The highest BCUT2D eigenvalue weighted by Crippen LogP contribution is 2.40. The van der Waals surface area contributed by atoms with E-state index in [1.165, 1.54) is 12.1 Å². The van der Waals surface area contributed by atoms with Crippen molar-refractivity contribution >= 4 is 33.3 Å². The first-order chi connectivity index (χ1) is 18.9. The third-order valence-electron chi connectivity index (χ3n) is 7.17. The number of pyridine rings is 1. The third-order valence-corrected chi connectivity index (χ3v) is 8.21. The van der Waals surface area contributed by atoms with Crippen LogP contribution in [0.2, 0.25) is 0 Å². The number of alkyl halides is 3. The molecule has 1 aromatic carbocycles. The van der Waals surface area contributed by atoms with E-state index in [2.05, 4.69) is 25.3 Å². The summed E-state index contributed by atoms with van der Waals surface area (Å²) < 4.78 is 42.4. The number of aromatic nitrogens is 4. The zero-order valence-corrected chi connectivity index (χ0v) is 23.5. The Hall–Kier alpha value is -3.51. The number of hydrogen-bond donors (Lipinski definition) is 3. The fraction of sp³-hybridized carbons (Fsp3) is 0.429. The van der Waals surface area contributed by atoms with E-state index in [1.54, 1.807) is 29.7 Å². The lowest BCUT2D eigenvalue weighted by molar-refractivity contribution is -0.274. The largest absolute Gasteiger partial charge is 0.573 e. The van der Waals surface area contributed by atoms with Crippen LogP contribution in [0.1, 0.15) is 50.1 Å². The molecule has 8 nitrogen and oxygen atoms in total. The number of benzene rings is 1. The van der Waals surface area contributed by atoms with Gasteiger partial charge >= 0.3 is 6.36 Å². The Morgan fingerprint density at radius 1 is 1.02 bits per heavy atom. The second-order valence-corrected chi connectivity index (χ2v) is 11.7. The first kappa shape index (κ1) is 28.0. The maximum absolute atomic E-state index is 12.5. The highest BCUT2D eigenvalue weighted by molar-refractivity contribution is 7.21. The zero-order chi connectivity index (χ0) is 28.7. The SMILES string of the molecule is Cc1nc(NCc2ccc(OC(F)(F)F)cc2)nc(NC2CCC(C(C)(C)O)C2)c1-c1nc2c(C)nccc2s1. The number of hydrogen-bond acceptors (Lipinski definition) is 9. The molecule has 212 valence electrons. The molecule has 0 spiro atoms. The number of aryl methyl sites for hydroxylation is 2. The molecule has 2 unspecified atom stereocenters. The molecule has 2 atom stereocenters. The highest BCUT2D eigenvalue weighted by Gasteiger charge is 2.35. The third kappa shape index (κ3) is 6.44. The molecule has 3 heterocycles. The molecule has 3 aromatic heterocycles. The van der Waals surface area contributed by atoms with E-state index in [4.69, 9.17) is 9.97 Å². The molecule has 1 aliphatic rings. The maximum atomic E-state index is 12.5. The first-order valence-corrected chi connectivity index (χ1v) is 13.9. The molecule has 4 aromatic rings. The van der Waals surface area contributed by atoms with Crippen molar-refractivity contribution in [3.05, 3.63) is 53.5 Å². The van der Waals surface area contributed by atoms with E-state index in [1.807, 2.05) is 33.8 Å². The molecule has 40 heavy (non-hydrogen) atoms. The first-order valence-electron chi connectivity index (χ1n) is 13.0. The van der Waals surface area contributed by atoms with Gasteiger partial charge in [-0.2, -0.15) is 4.98 Å². The van der Waals surface area contributed by atoms with Gasteiger partial charge in [-0.3, -0.25) is 4.98 Å². The molecule has 12 heteroatoms. The Morgan fingerprint density at radius 2 is 1.77 bits per heavy atom. The molecule has 3 N–H and O–H groups in total. The van der Waals surface area contributed by atoms with Crippen molar-refractivity contribution in [2.45, 2.75) is 71.5 Å². The average molecular weight is 573 g/mol. The smallest absolute Gasteiger partial charge is 0.406 e. The number of halogens is 3. The van der Waals surface area contributed by atoms with Crippen molar-refractivity contribution < 1.29 is 23.0 Å². The molecule has 0 aliphatic heterocycles. The number of nitrogens with zero attached hydrogens (tertiary/aromatic N) is 4. The molecule has 0 amide bonds. The summed E-state index contributed by atoms with van der Waals surface area (Å²) in [6, 6.07) is 7.73. The minimum atomic E-state index is -4.74. The van der Waals surface area contributed by atoms with Crippen molar-refractivity contribution in [2.24, 2.45) is 5.92 Å². The van der Waals surface area contributed by atoms with Gasteiger partial charge in [-0.15, -0.1) is 24.5 Å². The predicted molar refractivity (Wildman–Crippen MR) is 149 cm³/mol. The summed E-state index contributed by atoms with van der Waals surface area (Å²) in [7, 11) is 0. The Balaban J connectivity index is 1.42. The van der Waals surface area contributed by atoms with E-state index in [-0.39, 0.29) is 17.7 Å². The van der Waals surface area contributed by atoms with E-state index in [0.717, 1.165) is 57.0 Å². The normalized spacial score (nSPS) is 17.8. The molecule has 1 fully saturated rings. The van der Waals surface area contributed by atoms with Crippen LogP contribution in [0, 0.1) is 19.8 Å². The minimum Gasteiger partial charge on any atom is -0.406 e. The zero-order valence-electron chi connectivity index (χ0n) is 22.6. The van der Waals surface area contributed by atoms with Crippen LogP contribution in [0.25, 0.3) is 20.8 Å². The summed E-state index contributed by atoms with van der Waals surface area (Å²) in [5.41, 5.74) is 3.22. The van der Waals surface area contributed by atoms with E-state index in [0.29, 0.717) is 18.3 Å².